The third-order valence-corrected chi connectivity index (χ3v) is 5.18. The van der Waals surface area contributed by atoms with Crippen LogP contribution in [0.2, 0.25) is 0 Å². The van der Waals surface area contributed by atoms with Crippen molar-refractivity contribution in [1.29, 1.82) is 0 Å². The molecule has 5 unspecified atom stereocenters. The summed E-state index contributed by atoms with van der Waals surface area (Å²) in [4.78, 5) is 0. The van der Waals surface area contributed by atoms with E-state index in [0.717, 1.165) is 18.8 Å². The van der Waals surface area contributed by atoms with Gasteiger partial charge in [0.05, 0.1) is 0 Å². The Morgan fingerprint density at radius 2 is 2.00 bits per heavy atom. The lowest BCUT2D eigenvalue weighted by Gasteiger charge is -2.42. The molecular formula is C13H26N2. The summed E-state index contributed by atoms with van der Waals surface area (Å²) in [5, 5.41) is 0. The standard InChI is InChI=1S/C13H26N2/c1-3-11(14)10-7-9-5-6-13(10,8-9)12(15)4-2/h9-12H,3-8,14-15H2,1-2H3. The summed E-state index contributed by atoms with van der Waals surface area (Å²) >= 11 is 0. The van der Waals surface area contributed by atoms with Crippen LogP contribution in [0.1, 0.15) is 52.4 Å². The molecule has 0 aliphatic heterocycles. The third-order valence-electron chi connectivity index (χ3n) is 5.18. The fourth-order valence-electron chi connectivity index (χ4n) is 4.25. The molecule has 2 rings (SSSR count). The minimum Gasteiger partial charge on any atom is -0.327 e. The van der Waals surface area contributed by atoms with Gasteiger partial charge in [-0.2, -0.15) is 0 Å². The van der Waals surface area contributed by atoms with Gasteiger partial charge in [0, 0.05) is 12.1 Å². The molecule has 0 spiro atoms. The number of hydrogen-bond donors (Lipinski definition) is 2. The van der Waals surface area contributed by atoms with Gasteiger partial charge in [-0.3, -0.25) is 0 Å². The summed E-state index contributed by atoms with van der Waals surface area (Å²) in [6.45, 7) is 4.43. The molecule has 88 valence electrons. The van der Waals surface area contributed by atoms with E-state index in [0.29, 0.717) is 23.4 Å². The average Bonchev–Trinajstić information content (AvgIpc) is 2.85. The largest absolute Gasteiger partial charge is 0.327 e. The Balaban J connectivity index is 2.18. The Morgan fingerprint density at radius 3 is 2.53 bits per heavy atom. The fraction of sp³-hybridized carbons (Fsp3) is 1.00. The zero-order valence-corrected chi connectivity index (χ0v) is 10.2. The maximum Gasteiger partial charge on any atom is 0.00962 e. The molecule has 0 saturated heterocycles. The van der Waals surface area contributed by atoms with E-state index in [1.165, 1.54) is 25.7 Å². The van der Waals surface area contributed by atoms with Crippen molar-refractivity contribution in [2.24, 2.45) is 28.7 Å². The molecule has 2 fully saturated rings. The Labute approximate surface area is 93.8 Å². The zero-order chi connectivity index (χ0) is 11.1. The van der Waals surface area contributed by atoms with Crippen LogP contribution in [-0.2, 0) is 0 Å². The predicted molar refractivity (Wildman–Crippen MR) is 64.4 cm³/mol. The number of fused-ring (bicyclic) bond motifs is 2. The van der Waals surface area contributed by atoms with Gasteiger partial charge in [0.1, 0.15) is 0 Å². The first-order valence-electron chi connectivity index (χ1n) is 6.65. The van der Waals surface area contributed by atoms with Crippen molar-refractivity contribution in [1.82, 2.24) is 0 Å². The number of rotatable bonds is 4. The monoisotopic (exact) mass is 210 g/mol. The van der Waals surface area contributed by atoms with E-state index in [2.05, 4.69) is 13.8 Å². The highest BCUT2D eigenvalue weighted by Gasteiger charge is 2.55. The Hall–Kier alpha value is -0.0800. The summed E-state index contributed by atoms with van der Waals surface area (Å²) in [5.74, 6) is 1.64. The molecule has 0 heterocycles. The van der Waals surface area contributed by atoms with Crippen LogP contribution in [0.25, 0.3) is 0 Å². The van der Waals surface area contributed by atoms with Crippen LogP contribution in [0.4, 0.5) is 0 Å². The molecule has 15 heavy (non-hydrogen) atoms. The van der Waals surface area contributed by atoms with Crippen LogP contribution in [0, 0.1) is 17.3 Å². The Kier molecular flexibility index (Phi) is 3.09. The minimum atomic E-state index is 0.382. The third kappa shape index (κ3) is 1.62. The van der Waals surface area contributed by atoms with Crippen molar-refractivity contribution < 1.29 is 0 Å². The van der Waals surface area contributed by atoms with Crippen LogP contribution in [-0.4, -0.2) is 12.1 Å². The molecule has 0 amide bonds. The molecule has 2 aliphatic rings. The predicted octanol–water partition coefficient (Wildman–Crippen LogP) is 2.27. The van der Waals surface area contributed by atoms with Gasteiger partial charge >= 0.3 is 0 Å². The molecular weight excluding hydrogens is 184 g/mol. The van der Waals surface area contributed by atoms with Crippen LogP contribution < -0.4 is 11.5 Å². The van der Waals surface area contributed by atoms with Gasteiger partial charge in [-0.05, 0) is 55.8 Å². The lowest BCUT2D eigenvalue weighted by atomic mass is 9.66. The van der Waals surface area contributed by atoms with Crippen molar-refractivity contribution in [3.63, 3.8) is 0 Å². The first kappa shape index (κ1) is 11.4. The SMILES string of the molecule is CCC(N)C1CC2CCC1(C(N)CC)C2. The molecule has 4 N–H and O–H groups in total. The number of nitrogens with two attached hydrogens (primary N) is 2. The Morgan fingerprint density at radius 1 is 1.27 bits per heavy atom. The molecule has 5 atom stereocenters. The molecule has 0 radical (unpaired) electrons. The van der Waals surface area contributed by atoms with Gasteiger partial charge in [0.2, 0.25) is 0 Å². The lowest BCUT2D eigenvalue weighted by Crippen LogP contribution is -2.49. The molecule has 2 nitrogen and oxygen atoms in total. The van der Waals surface area contributed by atoms with E-state index < -0.39 is 0 Å². The second-order valence-electron chi connectivity index (χ2n) is 5.77. The van der Waals surface area contributed by atoms with Crippen molar-refractivity contribution >= 4 is 0 Å². The van der Waals surface area contributed by atoms with Gasteiger partial charge in [-0.25, -0.2) is 0 Å². The van der Waals surface area contributed by atoms with Crippen molar-refractivity contribution in [3.8, 4) is 0 Å². The fourth-order valence-corrected chi connectivity index (χ4v) is 4.25. The molecule has 2 aliphatic carbocycles. The molecule has 2 heteroatoms. The quantitative estimate of drug-likeness (QED) is 0.748. The van der Waals surface area contributed by atoms with Gasteiger partial charge in [0.25, 0.3) is 0 Å². The molecule has 2 saturated carbocycles. The van der Waals surface area contributed by atoms with Crippen molar-refractivity contribution in [2.75, 3.05) is 0 Å². The van der Waals surface area contributed by atoms with Gasteiger partial charge in [0.15, 0.2) is 0 Å². The first-order valence-corrected chi connectivity index (χ1v) is 6.65. The van der Waals surface area contributed by atoms with Crippen LogP contribution in [0.3, 0.4) is 0 Å². The van der Waals surface area contributed by atoms with E-state index in [1.54, 1.807) is 0 Å². The minimum absolute atomic E-state index is 0.382. The van der Waals surface area contributed by atoms with Crippen molar-refractivity contribution in [3.05, 3.63) is 0 Å². The van der Waals surface area contributed by atoms with Gasteiger partial charge < -0.3 is 11.5 Å². The summed E-state index contributed by atoms with van der Waals surface area (Å²) in [6, 6.07) is 0.764. The van der Waals surface area contributed by atoms with Gasteiger partial charge in [-0.15, -0.1) is 0 Å². The average molecular weight is 210 g/mol. The Bertz CT molecular complexity index is 229. The lowest BCUT2D eigenvalue weighted by molar-refractivity contribution is 0.114. The summed E-state index contributed by atoms with van der Waals surface area (Å²) in [6.07, 6.45) is 7.67. The highest BCUT2D eigenvalue weighted by Crippen LogP contribution is 2.60. The summed E-state index contributed by atoms with van der Waals surface area (Å²) in [7, 11) is 0. The highest BCUT2D eigenvalue weighted by molar-refractivity contribution is 5.08. The van der Waals surface area contributed by atoms with E-state index in [4.69, 9.17) is 11.5 Å². The van der Waals surface area contributed by atoms with Crippen molar-refractivity contribution in [2.45, 2.75) is 64.5 Å². The van der Waals surface area contributed by atoms with Gasteiger partial charge in [-0.1, -0.05) is 13.8 Å². The van der Waals surface area contributed by atoms with E-state index in [1.807, 2.05) is 0 Å². The molecule has 0 aromatic heterocycles. The smallest absolute Gasteiger partial charge is 0.00962 e. The van der Waals surface area contributed by atoms with E-state index >= 15 is 0 Å². The topological polar surface area (TPSA) is 52.0 Å². The van der Waals surface area contributed by atoms with Crippen LogP contribution in [0.15, 0.2) is 0 Å². The zero-order valence-electron chi connectivity index (χ0n) is 10.2. The van der Waals surface area contributed by atoms with Crippen LogP contribution >= 0.6 is 0 Å². The highest BCUT2D eigenvalue weighted by atomic mass is 14.8. The first-order chi connectivity index (χ1) is 7.14. The molecule has 2 bridgehead atoms. The van der Waals surface area contributed by atoms with E-state index in [-0.39, 0.29) is 0 Å². The summed E-state index contributed by atoms with van der Waals surface area (Å²) < 4.78 is 0. The molecule has 0 aromatic carbocycles. The second-order valence-corrected chi connectivity index (χ2v) is 5.77. The number of hydrogen-bond acceptors (Lipinski definition) is 2. The summed E-state index contributed by atoms with van der Waals surface area (Å²) in [5.41, 5.74) is 13.1. The van der Waals surface area contributed by atoms with Crippen LogP contribution in [0.5, 0.6) is 0 Å². The normalized spacial score (nSPS) is 43.2. The maximum absolute atomic E-state index is 6.38. The van der Waals surface area contributed by atoms with E-state index in [9.17, 15) is 0 Å². The maximum atomic E-state index is 6.38. The second kappa shape index (κ2) is 4.06. The molecule has 0 aromatic rings.